The van der Waals surface area contributed by atoms with Gasteiger partial charge in [0.25, 0.3) is 0 Å². The second-order valence-electron chi connectivity index (χ2n) is 5.86. The molecule has 126 valence electrons. The average Bonchev–Trinajstić information content (AvgIpc) is 3.01. The molecule has 1 fully saturated rings. The van der Waals surface area contributed by atoms with Crippen molar-refractivity contribution >= 4 is 25.4 Å². The summed E-state index contributed by atoms with van der Waals surface area (Å²) >= 11 is 0.157. The van der Waals surface area contributed by atoms with Gasteiger partial charge in [-0.2, -0.15) is 0 Å². The van der Waals surface area contributed by atoms with Crippen molar-refractivity contribution < 1.29 is 14.3 Å². The standard InChI is InChI=1S/C20H22O3Se/c1-3-16-19(24-15-12-8-5-9-13-15)17(20(21)22-2)18(23-16)14-10-6-4-7-11-14/h4-13,16-19H,3H2,1-2H3/t16-,17-,18-,19-/m0/s1. The Bertz CT molecular complexity index is 659. The molecule has 4 atom stereocenters. The number of ether oxygens (including phenoxy) is 2. The van der Waals surface area contributed by atoms with Gasteiger partial charge in [-0.05, 0) is 0 Å². The van der Waals surface area contributed by atoms with Gasteiger partial charge in [-0.15, -0.1) is 0 Å². The third kappa shape index (κ3) is 3.56. The first-order chi connectivity index (χ1) is 11.7. The fraction of sp³-hybridized carbons (Fsp3) is 0.350. The first-order valence-corrected chi connectivity index (χ1v) is 10.1. The van der Waals surface area contributed by atoms with Crippen LogP contribution in [0.25, 0.3) is 0 Å². The maximum atomic E-state index is 12.6. The van der Waals surface area contributed by atoms with E-state index in [4.69, 9.17) is 9.47 Å². The molecule has 0 N–H and O–H groups in total. The number of hydrogen-bond donors (Lipinski definition) is 0. The Hall–Kier alpha value is -1.61. The first-order valence-electron chi connectivity index (χ1n) is 8.24. The van der Waals surface area contributed by atoms with Crippen LogP contribution in [0.2, 0.25) is 4.82 Å². The normalized spacial score (nSPS) is 26.2. The number of methoxy groups -OCH3 is 1. The molecule has 1 aliphatic rings. The molecule has 0 radical (unpaired) electrons. The van der Waals surface area contributed by atoms with Crippen LogP contribution < -0.4 is 4.46 Å². The predicted molar refractivity (Wildman–Crippen MR) is 95.4 cm³/mol. The first kappa shape index (κ1) is 17.2. The van der Waals surface area contributed by atoms with Gasteiger partial charge in [0.1, 0.15) is 0 Å². The Labute approximate surface area is 149 Å². The van der Waals surface area contributed by atoms with Crippen LogP contribution in [0.5, 0.6) is 0 Å². The molecule has 2 aromatic carbocycles. The van der Waals surface area contributed by atoms with E-state index in [-0.39, 0.29) is 43.9 Å². The van der Waals surface area contributed by atoms with Crippen molar-refractivity contribution in [3.8, 4) is 0 Å². The van der Waals surface area contributed by atoms with Crippen LogP contribution in [0.3, 0.4) is 0 Å². The molecule has 4 heteroatoms. The quantitative estimate of drug-likeness (QED) is 0.582. The molecule has 0 aliphatic carbocycles. The topological polar surface area (TPSA) is 35.5 Å². The summed E-state index contributed by atoms with van der Waals surface area (Å²) in [7, 11) is 1.47. The van der Waals surface area contributed by atoms with E-state index in [1.165, 1.54) is 11.6 Å². The molecule has 0 aromatic heterocycles. The summed E-state index contributed by atoms with van der Waals surface area (Å²) in [6.45, 7) is 2.13. The van der Waals surface area contributed by atoms with Crippen molar-refractivity contribution in [3.63, 3.8) is 0 Å². The molecule has 1 aliphatic heterocycles. The van der Waals surface area contributed by atoms with E-state index < -0.39 is 0 Å². The second kappa shape index (κ2) is 7.98. The summed E-state index contributed by atoms with van der Waals surface area (Å²) in [5.74, 6) is -0.412. The van der Waals surface area contributed by atoms with Gasteiger partial charge < -0.3 is 0 Å². The summed E-state index contributed by atoms with van der Waals surface area (Å²) in [6, 6.07) is 20.4. The minimum absolute atomic E-state index is 0.0829. The molecule has 0 unspecified atom stereocenters. The Morgan fingerprint density at radius 2 is 1.71 bits per heavy atom. The SMILES string of the molecule is CC[C@@H]1O[C@@H](c2ccccc2)[C@H](C(=O)OC)[C@H]1[Se]c1ccccc1. The maximum absolute atomic E-state index is 12.6. The molecule has 0 spiro atoms. The van der Waals surface area contributed by atoms with Gasteiger partial charge in [0.2, 0.25) is 0 Å². The molecule has 0 amide bonds. The molecule has 24 heavy (non-hydrogen) atoms. The summed E-state index contributed by atoms with van der Waals surface area (Å²) in [5.41, 5.74) is 1.05. The average molecular weight is 389 g/mol. The third-order valence-corrected chi connectivity index (χ3v) is 7.35. The van der Waals surface area contributed by atoms with Crippen molar-refractivity contribution in [3.05, 3.63) is 66.2 Å². The van der Waals surface area contributed by atoms with Crippen molar-refractivity contribution in [1.29, 1.82) is 0 Å². The van der Waals surface area contributed by atoms with Gasteiger partial charge in [0.15, 0.2) is 0 Å². The number of benzene rings is 2. The Morgan fingerprint density at radius 3 is 2.29 bits per heavy atom. The number of hydrogen-bond acceptors (Lipinski definition) is 3. The third-order valence-electron chi connectivity index (χ3n) is 4.39. The monoisotopic (exact) mass is 390 g/mol. The predicted octanol–water partition coefficient (Wildman–Crippen LogP) is 3.14. The van der Waals surface area contributed by atoms with E-state index in [1.54, 1.807) is 0 Å². The van der Waals surface area contributed by atoms with Gasteiger partial charge in [0, 0.05) is 0 Å². The Balaban J connectivity index is 1.93. The van der Waals surface area contributed by atoms with Crippen LogP contribution in [0.4, 0.5) is 0 Å². The summed E-state index contributed by atoms with van der Waals surface area (Å²) in [5, 5.41) is 0. The van der Waals surface area contributed by atoms with Crippen LogP contribution >= 0.6 is 0 Å². The number of carbonyl (C=O) groups excluding carboxylic acids is 1. The Morgan fingerprint density at radius 1 is 1.08 bits per heavy atom. The van der Waals surface area contributed by atoms with E-state index in [1.807, 2.05) is 36.4 Å². The zero-order valence-corrected chi connectivity index (χ0v) is 15.6. The molecular formula is C20H22O3Se. The van der Waals surface area contributed by atoms with Crippen LogP contribution in [-0.2, 0) is 14.3 Å². The minimum atomic E-state index is -0.248. The van der Waals surface area contributed by atoms with E-state index in [2.05, 4.69) is 31.2 Å². The second-order valence-corrected chi connectivity index (χ2v) is 8.48. The number of carbonyl (C=O) groups is 1. The number of esters is 1. The van der Waals surface area contributed by atoms with Crippen molar-refractivity contribution in [1.82, 2.24) is 0 Å². The molecule has 2 aromatic rings. The van der Waals surface area contributed by atoms with E-state index in [9.17, 15) is 4.79 Å². The molecular weight excluding hydrogens is 367 g/mol. The summed E-state index contributed by atoms with van der Waals surface area (Å²) in [6.07, 6.45) is 0.759. The van der Waals surface area contributed by atoms with Gasteiger partial charge in [-0.25, -0.2) is 0 Å². The Kier molecular flexibility index (Phi) is 5.72. The molecule has 0 saturated carbocycles. The molecule has 1 heterocycles. The van der Waals surface area contributed by atoms with Gasteiger partial charge in [-0.3, -0.25) is 0 Å². The van der Waals surface area contributed by atoms with Gasteiger partial charge in [0.05, 0.1) is 0 Å². The molecule has 3 nitrogen and oxygen atoms in total. The van der Waals surface area contributed by atoms with E-state index in [0.29, 0.717) is 0 Å². The van der Waals surface area contributed by atoms with Crippen molar-refractivity contribution in [2.24, 2.45) is 5.92 Å². The van der Waals surface area contributed by atoms with Gasteiger partial charge >= 0.3 is 149 Å². The van der Waals surface area contributed by atoms with Crippen molar-refractivity contribution in [2.45, 2.75) is 30.4 Å². The summed E-state index contributed by atoms with van der Waals surface area (Å²) < 4.78 is 12.8. The number of rotatable bonds is 5. The summed E-state index contributed by atoms with van der Waals surface area (Å²) in [4.78, 5) is 12.8. The zero-order chi connectivity index (χ0) is 16.9. The van der Waals surface area contributed by atoms with Crippen LogP contribution in [0.1, 0.15) is 25.0 Å². The molecule has 3 rings (SSSR count). The molecule has 1 saturated heterocycles. The van der Waals surface area contributed by atoms with Gasteiger partial charge in [-0.1, -0.05) is 0 Å². The van der Waals surface area contributed by atoms with Crippen LogP contribution in [0.15, 0.2) is 60.7 Å². The fourth-order valence-corrected chi connectivity index (χ4v) is 6.23. The zero-order valence-electron chi connectivity index (χ0n) is 13.9. The van der Waals surface area contributed by atoms with E-state index in [0.717, 1.165) is 12.0 Å². The fourth-order valence-electron chi connectivity index (χ4n) is 3.21. The van der Waals surface area contributed by atoms with Crippen LogP contribution in [-0.4, -0.2) is 34.1 Å². The van der Waals surface area contributed by atoms with E-state index >= 15 is 0 Å². The van der Waals surface area contributed by atoms with Crippen LogP contribution in [0, 0.1) is 5.92 Å². The van der Waals surface area contributed by atoms with Crippen molar-refractivity contribution in [2.75, 3.05) is 7.11 Å². The molecule has 0 bridgehead atoms.